The predicted molar refractivity (Wildman–Crippen MR) is 146 cm³/mol. The van der Waals surface area contributed by atoms with E-state index in [-0.39, 0.29) is 36.0 Å². The number of likely N-dealkylation sites (tertiary alicyclic amines) is 1. The summed E-state index contributed by atoms with van der Waals surface area (Å²) in [4.78, 5) is 41.9. The Morgan fingerprint density at radius 1 is 1.26 bits per heavy atom. The molecule has 9 nitrogen and oxygen atoms in total. The number of fused-ring (bicyclic) bond motifs is 1. The Morgan fingerprint density at radius 3 is 2.76 bits per heavy atom. The average molecular weight is 559 g/mol. The second-order valence-electron chi connectivity index (χ2n) is 10.1. The van der Waals surface area contributed by atoms with E-state index >= 15 is 0 Å². The lowest BCUT2D eigenvalue weighted by Gasteiger charge is -2.45. The molecule has 202 valence electrons. The number of nitrogens with zero attached hydrogens (tertiary/aromatic N) is 3. The highest BCUT2D eigenvalue weighted by Gasteiger charge is 2.52. The van der Waals surface area contributed by atoms with E-state index in [1.165, 1.54) is 6.07 Å². The highest BCUT2D eigenvalue weighted by Crippen LogP contribution is 2.37. The highest BCUT2D eigenvalue weighted by molar-refractivity contribution is 7.98. The van der Waals surface area contributed by atoms with Crippen molar-refractivity contribution >= 4 is 40.9 Å². The summed E-state index contributed by atoms with van der Waals surface area (Å²) in [7, 11) is 0. The third kappa shape index (κ3) is 5.21. The summed E-state index contributed by atoms with van der Waals surface area (Å²) in [6.45, 7) is 1.45. The first-order valence-corrected chi connectivity index (χ1v) is 14.6. The van der Waals surface area contributed by atoms with E-state index in [2.05, 4.69) is 5.32 Å². The monoisotopic (exact) mass is 558 g/mol. The summed E-state index contributed by atoms with van der Waals surface area (Å²) >= 11 is 7.83. The Hall–Kier alpha value is -2.82. The lowest BCUT2D eigenvalue weighted by atomic mass is 9.91. The Morgan fingerprint density at radius 2 is 2.03 bits per heavy atom. The van der Waals surface area contributed by atoms with Crippen LogP contribution in [-0.2, 0) is 22.6 Å². The van der Waals surface area contributed by atoms with Gasteiger partial charge in [-0.05, 0) is 48.6 Å². The fourth-order valence-corrected chi connectivity index (χ4v) is 6.47. The number of rotatable bonds is 7. The average Bonchev–Trinajstić information content (AvgIpc) is 3.17. The molecule has 38 heavy (non-hydrogen) atoms. The molecule has 2 atom stereocenters. The molecule has 3 aliphatic heterocycles. The molecule has 11 heteroatoms. The zero-order chi connectivity index (χ0) is 26.9. The van der Waals surface area contributed by atoms with Gasteiger partial charge in [0.05, 0.1) is 29.1 Å². The number of hydrogen-bond acceptors (Lipinski definition) is 7. The number of nitro groups is 1. The molecule has 0 aromatic heterocycles. The van der Waals surface area contributed by atoms with Crippen molar-refractivity contribution in [2.75, 3.05) is 31.7 Å². The fourth-order valence-electron chi connectivity index (χ4n) is 5.81. The molecule has 0 saturated carbocycles. The maximum atomic E-state index is 13.6. The Balaban J connectivity index is 1.32. The molecule has 0 bridgehead atoms. The van der Waals surface area contributed by atoms with E-state index in [4.69, 9.17) is 16.3 Å². The first kappa shape index (κ1) is 26.8. The summed E-state index contributed by atoms with van der Waals surface area (Å²) in [6, 6.07) is 11.7. The van der Waals surface area contributed by atoms with Gasteiger partial charge in [0.1, 0.15) is 12.4 Å². The smallest absolute Gasteiger partial charge is 0.274 e. The van der Waals surface area contributed by atoms with Crippen molar-refractivity contribution in [1.29, 1.82) is 0 Å². The number of nitro benzene ring substituents is 1. The van der Waals surface area contributed by atoms with Crippen LogP contribution in [0.15, 0.2) is 42.5 Å². The zero-order valence-electron chi connectivity index (χ0n) is 21.2. The maximum Gasteiger partial charge on any atom is 0.274 e. The number of hydrogen-bond donors (Lipinski definition) is 1. The quantitative estimate of drug-likeness (QED) is 0.406. The minimum Gasteiger partial charge on any atom is -0.492 e. The normalized spacial score (nSPS) is 22.3. The largest absolute Gasteiger partial charge is 0.492 e. The molecule has 5 rings (SSSR count). The van der Waals surface area contributed by atoms with Crippen LogP contribution in [0.4, 0.5) is 5.69 Å². The molecule has 1 N–H and O–H groups in total. The number of ether oxygens (including phenoxy) is 1. The second-order valence-corrected chi connectivity index (χ2v) is 11.5. The first-order valence-electron chi connectivity index (χ1n) is 12.8. The number of benzene rings is 2. The van der Waals surface area contributed by atoms with Gasteiger partial charge in [-0.1, -0.05) is 29.8 Å². The molecule has 2 fully saturated rings. The minimum atomic E-state index is -0.649. The second kappa shape index (κ2) is 11.1. The summed E-state index contributed by atoms with van der Waals surface area (Å²) in [5, 5.41) is 15.8. The molecule has 2 aromatic rings. The molecule has 2 amide bonds. The fraction of sp³-hybridized carbons (Fsp3) is 0.481. The lowest BCUT2D eigenvalue weighted by molar-refractivity contribution is -0.385. The molecule has 1 spiro atoms. The van der Waals surface area contributed by atoms with E-state index in [1.807, 2.05) is 23.3 Å². The topological polar surface area (TPSA) is 105 Å². The van der Waals surface area contributed by atoms with Crippen molar-refractivity contribution in [3.8, 4) is 5.75 Å². The van der Waals surface area contributed by atoms with Crippen LogP contribution in [0.1, 0.15) is 30.4 Å². The molecular formula is C27H31ClN4O5S. The van der Waals surface area contributed by atoms with Crippen molar-refractivity contribution in [2.24, 2.45) is 5.92 Å². The van der Waals surface area contributed by atoms with Crippen molar-refractivity contribution in [3.63, 3.8) is 0 Å². The van der Waals surface area contributed by atoms with Gasteiger partial charge in [0, 0.05) is 42.6 Å². The van der Waals surface area contributed by atoms with Crippen molar-refractivity contribution in [3.05, 3.63) is 68.7 Å². The SMILES string of the molecule is CSCCC1NC2(CCN(C(=O)C3COc4ccc(Cl)cc4C3)CC2)N(Cc2ccccc2[N+](=O)[O-])C1=O. The van der Waals surface area contributed by atoms with Crippen LogP contribution in [0.2, 0.25) is 5.02 Å². The maximum absolute atomic E-state index is 13.6. The molecule has 2 aromatic carbocycles. The number of carbonyl (C=O) groups excluding carboxylic acids is 2. The highest BCUT2D eigenvalue weighted by atomic mass is 35.5. The summed E-state index contributed by atoms with van der Waals surface area (Å²) in [5.74, 6) is 1.32. The van der Waals surface area contributed by atoms with Gasteiger partial charge in [0.2, 0.25) is 11.8 Å². The number of nitrogens with one attached hydrogen (secondary N) is 1. The molecule has 2 saturated heterocycles. The molecule has 3 heterocycles. The Bertz CT molecular complexity index is 1240. The van der Waals surface area contributed by atoms with E-state index < -0.39 is 10.6 Å². The third-order valence-corrected chi connectivity index (χ3v) is 8.71. The van der Waals surface area contributed by atoms with Gasteiger partial charge in [-0.15, -0.1) is 0 Å². The molecule has 0 radical (unpaired) electrons. The number of amides is 2. The van der Waals surface area contributed by atoms with Gasteiger partial charge in [-0.25, -0.2) is 0 Å². The molecular weight excluding hydrogens is 528 g/mol. The van der Waals surface area contributed by atoms with E-state index in [0.29, 0.717) is 56.0 Å². The van der Waals surface area contributed by atoms with Crippen LogP contribution in [0.5, 0.6) is 5.75 Å². The number of para-hydroxylation sites is 1. The van der Waals surface area contributed by atoms with Gasteiger partial charge in [0.15, 0.2) is 0 Å². The van der Waals surface area contributed by atoms with Crippen LogP contribution >= 0.6 is 23.4 Å². The molecule has 0 aliphatic carbocycles. The number of carbonyl (C=O) groups is 2. The van der Waals surface area contributed by atoms with Crippen LogP contribution in [0, 0.1) is 16.0 Å². The first-order chi connectivity index (χ1) is 18.3. The number of halogens is 1. The third-order valence-electron chi connectivity index (χ3n) is 7.83. The number of thioether (sulfide) groups is 1. The molecule has 2 unspecified atom stereocenters. The van der Waals surface area contributed by atoms with Crippen molar-refractivity contribution in [2.45, 2.75) is 43.9 Å². The Labute approximate surface area is 231 Å². The Kier molecular flexibility index (Phi) is 7.83. The van der Waals surface area contributed by atoms with Gasteiger partial charge in [-0.3, -0.25) is 25.0 Å². The predicted octanol–water partition coefficient (Wildman–Crippen LogP) is 3.87. The zero-order valence-corrected chi connectivity index (χ0v) is 22.8. The lowest BCUT2D eigenvalue weighted by Crippen LogP contribution is -2.60. The van der Waals surface area contributed by atoms with Crippen molar-refractivity contribution in [1.82, 2.24) is 15.1 Å². The van der Waals surface area contributed by atoms with Gasteiger partial charge in [-0.2, -0.15) is 11.8 Å². The standard InChI is InChI=1S/C27H31ClN4O5S/c1-38-13-8-22-26(34)31(16-18-4-2-3-5-23(18)32(35)36)27(29-22)9-11-30(12-10-27)25(33)20-14-19-15-21(28)6-7-24(19)37-17-20/h2-7,15,20,22,29H,8-14,16-17H2,1H3. The van der Waals surface area contributed by atoms with Gasteiger partial charge < -0.3 is 14.5 Å². The van der Waals surface area contributed by atoms with Gasteiger partial charge in [0.25, 0.3) is 5.69 Å². The van der Waals surface area contributed by atoms with E-state index in [0.717, 1.165) is 17.1 Å². The minimum absolute atomic E-state index is 0.00770. The summed E-state index contributed by atoms with van der Waals surface area (Å²) in [6.07, 6.45) is 4.37. The van der Waals surface area contributed by atoms with Gasteiger partial charge >= 0.3 is 0 Å². The molecule has 3 aliphatic rings. The van der Waals surface area contributed by atoms with Crippen LogP contribution in [0.25, 0.3) is 0 Å². The van der Waals surface area contributed by atoms with Crippen molar-refractivity contribution < 1.29 is 19.2 Å². The summed E-state index contributed by atoms with van der Waals surface area (Å²) < 4.78 is 5.85. The van der Waals surface area contributed by atoms with Crippen LogP contribution in [0.3, 0.4) is 0 Å². The van der Waals surface area contributed by atoms with E-state index in [1.54, 1.807) is 40.9 Å². The van der Waals surface area contributed by atoms with E-state index in [9.17, 15) is 19.7 Å². The number of piperidine rings is 1. The summed E-state index contributed by atoms with van der Waals surface area (Å²) in [5.41, 5.74) is 0.802. The van der Waals surface area contributed by atoms with Crippen LogP contribution < -0.4 is 10.1 Å². The van der Waals surface area contributed by atoms with Crippen LogP contribution in [-0.4, -0.2) is 69.9 Å².